The molecule has 0 atom stereocenters. The first-order valence-electron chi connectivity index (χ1n) is 11.0. The van der Waals surface area contributed by atoms with Crippen LogP contribution in [0.4, 0.5) is 17.1 Å². The van der Waals surface area contributed by atoms with E-state index in [1.807, 2.05) is 71.6 Å². The Balaban J connectivity index is 1.31. The summed E-state index contributed by atoms with van der Waals surface area (Å²) in [4.78, 5) is 27.5. The number of nitrogens with one attached hydrogen (secondary N) is 1. The summed E-state index contributed by atoms with van der Waals surface area (Å²) in [6, 6.07) is 27.9. The van der Waals surface area contributed by atoms with Gasteiger partial charge in [-0.2, -0.15) is 0 Å². The second kappa shape index (κ2) is 8.75. The van der Waals surface area contributed by atoms with Crippen molar-refractivity contribution in [3.63, 3.8) is 0 Å². The highest BCUT2D eigenvalue weighted by atomic mass is 16.2. The minimum Gasteiger partial charge on any atom is -0.399 e. The lowest BCUT2D eigenvalue weighted by atomic mass is 9.97. The van der Waals surface area contributed by atoms with Gasteiger partial charge in [-0.05, 0) is 64.7 Å². The van der Waals surface area contributed by atoms with Gasteiger partial charge in [0.05, 0.1) is 11.4 Å². The predicted octanol–water partition coefficient (Wildman–Crippen LogP) is 4.93. The van der Waals surface area contributed by atoms with E-state index in [9.17, 15) is 9.59 Å². The minimum absolute atomic E-state index is 0.00197. The lowest BCUT2D eigenvalue weighted by molar-refractivity contribution is 0.0766. The van der Waals surface area contributed by atoms with Crippen molar-refractivity contribution in [1.82, 2.24) is 4.90 Å². The number of fused-ring (bicyclic) bond motifs is 1. The van der Waals surface area contributed by atoms with Gasteiger partial charge in [-0.15, -0.1) is 0 Å². The number of para-hydroxylation sites is 2. The van der Waals surface area contributed by atoms with E-state index in [-0.39, 0.29) is 11.8 Å². The Labute approximate surface area is 197 Å². The molecule has 6 nitrogen and oxygen atoms in total. The largest absolute Gasteiger partial charge is 0.399 e. The van der Waals surface area contributed by atoms with Crippen molar-refractivity contribution < 1.29 is 9.59 Å². The molecule has 34 heavy (non-hydrogen) atoms. The number of carbonyl (C=O) groups excluding carboxylic acids is 2. The molecular formula is C28H24N4O2. The molecule has 4 aromatic rings. The molecule has 5 rings (SSSR count). The molecule has 1 heterocycles. The Kier molecular flexibility index (Phi) is 5.47. The number of nitrogens with zero attached hydrogens (tertiary/aromatic N) is 1. The summed E-state index contributed by atoms with van der Waals surface area (Å²) in [7, 11) is 0. The van der Waals surface area contributed by atoms with Gasteiger partial charge in [-0.25, -0.2) is 0 Å². The third-order valence-corrected chi connectivity index (χ3v) is 6.04. The van der Waals surface area contributed by atoms with Crippen LogP contribution in [0.15, 0.2) is 91.0 Å². The number of hydrogen-bond acceptors (Lipinski definition) is 4. The standard InChI is InChI=1S/C28H24N4O2/c29-21-6-3-5-20(15-21)22-7-4-8-23-24(22)17-32(28(23)34)16-18-11-13-19(14-12-18)27(33)31-26-10-2-1-9-25(26)30/h1-15H,16-17,29-30H2,(H,31,33). The van der Waals surface area contributed by atoms with Gasteiger partial charge in [0.1, 0.15) is 0 Å². The van der Waals surface area contributed by atoms with Crippen molar-refractivity contribution in [3.8, 4) is 11.1 Å². The highest BCUT2D eigenvalue weighted by molar-refractivity contribution is 6.05. The molecule has 6 heteroatoms. The topological polar surface area (TPSA) is 101 Å². The van der Waals surface area contributed by atoms with Crippen LogP contribution < -0.4 is 16.8 Å². The van der Waals surface area contributed by atoms with E-state index in [0.29, 0.717) is 35.7 Å². The molecule has 4 aromatic carbocycles. The summed E-state index contributed by atoms with van der Waals surface area (Å²) >= 11 is 0. The Morgan fingerprint density at radius 2 is 1.59 bits per heavy atom. The second-order valence-corrected chi connectivity index (χ2v) is 8.36. The molecule has 0 saturated heterocycles. The minimum atomic E-state index is -0.235. The van der Waals surface area contributed by atoms with Crippen LogP contribution >= 0.6 is 0 Å². The van der Waals surface area contributed by atoms with Crippen LogP contribution in [0.2, 0.25) is 0 Å². The molecule has 0 unspecified atom stereocenters. The fourth-order valence-electron chi connectivity index (χ4n) is 4.28. The first-order valence-corrected chi connectivity index (χ1v) is 11.0. The SMILES string of the molecule is Nc1cccc(-c2cccc3c2CN(Cc2ccc(C(=O)Nc4ccccc4N)cc2)C3=O)c1. The van der Waals surface area contributed by atoms with E-state index in [2.05, 4.69) is 5.32 Å². The quantitative estimate of drug-likeness (QED) is 0.377. The van der Waals surface area contributed by atoms with E-state index in [1.165, 1.54) is 0 Å². The summed E-state index contributed by atoms with van der Waals surface area (Å²) in [5.74, 6) is -0.233. The van der Waals surface area contributed by atoms with Crippen molar-refractivity contribution in [1.29, 1.82) is 0 Å². The molecule has 0 spiro atoms. The number of anilines is 3. The Morgan fingerprint density at radius 3 is 2.35 bits per heavy atom. The average Bonchev–Trinajstić information content (AvgIpc) is 3.16. The Bertz CT molecular complexity index is 1400. The average molecular weight is 449 g/mol. The molecule has 2 amide bonds. The normalized spacial score (nSPS) is 12.5. The van der Waals surface area contributed by atoms with Crippen molar-refractivity contribution in [2.24, 2.45) is 0 Å². The predicted molar refractivity (Wildman–Crippen MR) is 135 cm³/mol. The number of nitrogen functional groups attached to an aromatic ring is 2. The number of hydrogen-bond donors (Lipinski definition) is 3. The molecule has 168 valence electrons. The molecule has 5 N–H and O–H groups in total. The first kappa shape index (κ1) is 21.3. The Hall–Kier alpha value is -4.58. The zero-order valence-corrected chi connectivity index (χ0v) is 18.5. The van der Waals surface area contributed by atoms with Crippen LogP contribution in [-0.4, -0.2) is 16.7 Å². The van der Waals surface area contributed by atoms with Gasteiger partial charge in [0.15, 0.2) is 0 Å². The van der Waals surface area contributed by atoms with E-state index < -0.39 is 0 Å². The summed E-state index contributed by atoms with van der Waals surface area (Å²) in [6.07, 6.45) is 0. The van der Waals surface area contributed by atoms with Crippen LogP contribution in [0, 0.1) is 0 Å². The fourth-order valence-corrected chi connectivity index (χ4v) is 4.28. The van der Waals surface area contributed by atoms with Crippen LogP contribution in [0.25, 0.3) is 11.1 Å². The van der Waals surface area contributed by atoms with Gasteiger partial charge in [0.2, 0.25) is 0 Å². The lowest BCUT2D eigenvalue weighted by Gasteiger charge is -2.16. The van der Waals surface area contributed by atoms with Gasteiger partial charge in [0.25, 0.3) is 11.8 Å². The van der Waals surface area contributed by atoms with E-state index in [0.717, 1.165) is 27.8 Å². The molecule has 0 saturated carbocycles. The van der Waals surface area contributed by atoms with Crippen LogP contribution in [0.5, 0.6) is 0 Å². The van der Waals surface area contributed by atoms with Crippen LogP contribution in [0.3, 0.4) is 0 Å². The molecule has 0 aliphatic carbocycles. The number of nitrogens with two attached hydrogens (primary N) is 2. The highest BCUT2D eigenvalue weighted by Gasteiger charge is 2.29. The maximum Gasteiger partial charge on any atom is 0.255 e. The Morgan fingerprint density at radius 1 is 0.853 bits per heavy atom. The van der Waals surface area contributed by atoms with E-state index in [4.69, 9.17) is 11.5 Å². The maximum atomic E-state index is 13.1. The van der Waals surface area contributed by atoms with Gasteiger partial charge >= 0.3 is 0 Å². The summed E-state index contributed by atoms with van der Waals surface area (Å²) < 4.78 is 0. The van der Waals surface area contributed by atoms with Gasteiger partial charge in [0, 0.05) is 29.9 Å². The first-order chi connectivity index (χ1) is 16.5. The van der Waals surface area contributed by atoms with E-state index in [1.54, 1.807) is 24.3 Å². The zero-order valence-electron chi connectivity index (χ0n) is 18.5. The molecule has 1 aliphatic rings. The third kappa shape index (κ3) is 4.09. The number of benzene rings is 4. The second-order valence-electron chi connectivity index (χ2n) is 8.36. The molecule has 1 aliphatic heterocycles. The molecule has 0 bridgehead atoms. The lowest BCUT2D eigenvalue weighted by Crippen LogP contribution is -2.23. The van der Waals surface area contributed by atoms with Gasteiger partial charge in [-0.3, -0.25) is 9.59 Å². The van der Waals surface area contributed by atoms with Crippen molar-refractivity contribution in [2.45, 2.75) is 13.1 Å². The van der Waals surface area contributed by atoms with E-state index >= 15 is 0 Å². The van der Waals surface area contributed by atoms with Gasteiger partial charge in [-0.1, -0.05) is 48.5 Å². The van der Waals surface area contributed by atoms with Crippen molar-refractivity contribution in [3.05, 3.63) is 113 Å². The summed E-state index contributed by atoms with van der Waals surface area (Å²) in [5, 5.41) is 2.83. The third-order valence-electron chi connectivity index (χ3n) is 6.04. The molecular weight excluding hydrogens is 424 g/mol. The number of rotatable bonds is 5. The number of amides is 2. The zero-order chi connectivity index (χ0) is 23.7. The molecule has 0 fully saturated rings. The summed E-state index contributed by atoms with van der Waals surface area (Å²) in [5.41, 5.74) is 18.9. The van der Waals surface area contributed by atoms with Crippen molar-refractivity contribution >= 4 is 28.9 Å². The number of carbonyl (C=O) groups is 2. The summed E-state index contributed by atoms with van der Waals surface area (Å²) in [6.45, 7) is 0.978. The highest BCUT2D eigenvalue weighted by Crippen LogP contribution is 2.34. The maximum absolute atomic E-state index is 13.1. The van der Waals surface area contributed by atoms with Crippen molar-refractivity contribution in [2.75, 3.05) is 16.8 Å². The molecule has 0 radical (unpaired) electrons. The smallest absolute Gasteiger partial charge is 0.255 e. The molecule has 0 aromatic heterocycles. The fraction of sp³-hybridized carbons (Fsp3) is 0.0714. The monoisotopic (exact) mass is 448 g/mol. The van der Waals surface area contributed by atoms with Crippen LogP contribution in [-0.2, 0) is 13.1 Å². The van der Waals surface area contributed by atoms with Gasteiger partial charge < -0.3 is 21.7 Å². The van der Waals surface area contributed by atoms with Crippen LogP contribution in [0.1, 0.15) is 31.8 Å².